The first-order chi connectivity index (χ1) is 6.59. The van der Waals surface area contributed by atoms with E-state index >= 15 is 0 Å². The highest BCUT2D eigenvalue weighted by molar-refractivity contribution is 5.74. The molecule has 0 aliphatic carbocycles. The fourth-order valence-electron chi connectivity index (χ4n) is 1.54. The third-order valence-corrected chi connectivity index (χ3v) is 2.38. The number of rotatable bonds is 3. The van der Waals surface area contributed by atoms with Crippen molar-refractivity contribution in [3.05, 3.63) is 0 Å². The van der Waals surface area contributed by atoms with E-state index in [4.69, 9.17) is 5.11 Å². The molecular weight excluding hydrogens is 182 g/mol. The van der Waals surface area contributed by atoms with Crippen molar-refractivity contribution in [3.63, 3.8) is 0 Å². The summed E-state index contributed by atoms with van der Waals surface area (Å²) < 4.78 is 0. The predicted molar refractivity (Wildman–Crippen MR) is 53.9 cm³/mol. The van der Waals surface area contributed by atoms with E-state index < -0.39 is 6.10 Å². The Balaban J connectivity index is 2.19. The van der Waals surface area contributed by atoms with Crippen LogP contribution in [0.5, 0.6) is 0 Å². The Morgan fingerprint density at radius 2 is 2.43 bits per heavy atom. The molecule has 1 rings (SSSR count). The molecule has 2 atom stereocenters. The monoisotopic (exact) mass is 201 g/mol. The Morgan fingerprint density at radius 3 is 2.93 bits per heavy atom. The Morgan fingerprint density at radius 1 is 1.71 bits per heavy atom. The minimum Gasteiger partial charge on any atom is -0.392 e. The summed E-state index contributed by atoms with van der Waals surface area (Å²) in [7, 11) is 1.99. The lowest BCUT2D eigenvalue weighted by Crippen LogP contribution is -2.48. The van der Waals surface area contributed by atoms with Crippen molar-refractivity contribution in [2.45, 2.75) is 32.0 Å². The lowest BCUT2D eigenvalue weighted by molar-refractivity contribution is 0.182. The molecule has 1 heterocycles. The van der Waals surface area contributed by atoms with E-state index in [1.54, 1.807) is 6.92 Å². The van der Waals surface area contributed by atoms with Crippen molar-refractivity contribution in [1.82, 2.24) is 15.5 Å². The quantitative estimate of drug-likeness (QED) is 0.588. The molecule has 5 nitrogen and oxygen atoms in total. The van der Waals surface area contributed by atoms with E-state index in [1.807, 2.05) is 7.05 Å². The molecule has 1 fully saturated rings. The molecule has 1 aliphatic heterocycles. The van der Waals surface area contributed by atoms with Crippen molar-refractivity contribution in [2.24, 2.45) is 0 Å². The molecule has 1 saturated heterocycles. The van der Waals surface area contributed by atoms with Crippen molar-refractivity contribution in [3.8, 4) is 0 Å². The summed E-state index contributed by atoms with van der Waals surface area (Å²) in [5, 5.41) is 14.4. The molecule has 82 valence electrons. The molecule has 3 N–H and O–H groups in total. The molecule has 0 radical (unpaired) electrons. The van der Waals surface area contributed by atoms with Crippen LogP contribution in [0.15, 0.2) is 0 Å². The first kappa shape index (κ1) is 11.3. The largest absolute Gasteiger partial charge is 0.392 e. The molecule has 0 saturated carbocycles. The Kier molecular flexibility index (Phi) is 4.16. The van der Waals surface area contributed by atoms with E-state index in [9.17, 15) is 4.79 Å². The lowest BCUT2D eigenvalue weighted by Gasteiger charge is -2.21. The van der Waals surface area contributed by atoms with E-state index in [-0.39, 0.29) is 12.2 Å². The fourth-order valence-corrected chi connectivity index (χ4v) is 1.54. The SMILES string of the molecule is CC(O)CNC(=O)NC1CCCN1C. The standard InChI is InChI=1S/C9H19N3O2/c1-7(13)6-10-9(14)11-8-4-3-5-12(8)2/h7-8,13H,3-6H2,1-2H3,(H2,10,11,14). The molecule has 5 heteroatoms. The minimum atomic E-state index is -0.498. The number of urea groups is 1. The molecule has 0 aromatic carbocycles. The summed E-state index contributed by atoms with van der Waals surface area (Å²) in [5.41, 5.74) is 0. The van der Waals surface area contributed by atoms with E-state index in [1.165, 1.54) is 0 Å². The van der Waals surface area contributed by atoms with Gasteiger partial charge >= 0.3 is 6.03 Å². The average Bonchev–Trinajstić information content (AvgIpc) is 2.49. The number of hydrogen-bond donors (Lipinski definition) is 3. The molecule has 2 amide bonds. The molecule has 0 bridgehead atoms. The summed E-state index contributed by atoms with van der Waals surface area (Å²) in [6, 6.07) is -0.204. The topological polar surface area (TPSA) is 64.6 Å². The van der Waals surface area contributed by atoms with Gasteiger partial charge in [0.2, 0.25) is 0 Å². The molecule has 14 heavy (non-hydrogen) atoms. The molecule has 2 unspecified atom stereocenters. The van der Waals surface area contributed by atoms with Gasteiger partial charge in [0.1, 0.15) is 0 Å². The highest BCUT2D eigenvalue weighted by atomic mass is 16.3. The summed E-state index contributed by atoms with van der Waals surface area (Å²) >= 11 is 0. The average molecular weight is 201 g/mol. The van der Waals surface area contributed by atoms with Gasteiger partial charge in [0, 0.05) is 6.54 Å². The summed E-state index contributed by atoms with van der Waals surface area (Å²) in [5.74, 6) is 0. The van der Waals surface area contributed by atoms with Crippen LogP contribution >= 0.6 is 0 Å². The van der Waals surface area contributed by atoms with Gasteiger partial charge in [-0.15, -0.1) is 0 Å². The third kappa shape index (κ3) is 3.51. The molecule has 0 aromatic heterocycles. The van der Waals surface area contributed by atoms with Crippen LogP contribution in [0.3, 0.4) is 0 Å². The zero-order valence-electron chi connectivity index (χ0n) is 8.79. The molecule has 0 aromatic rings. The van der Waals surface area contributed by atoms with Gasteiger partial charge in [0.05, 0.1) is 12.3 Å². The maximum Gasteiger partial charge on any atom is 0.316 e. The van der Waals surface area contributed by atoms with Crippen molar-refractivity contribution in [1.29, 1.82) is 0 Å². The van der Waals surface area contributed by atoms with Crippen molar-refractivity contribution in [2.75, 3.05) is 20.1 Å². The normalized spacial score (nSPS) is 24.6. The van der Waals surface area contributed by atoms with Crippen LogP contribution in [0.4, 0.5) is 4.79 Å². The molecule has 1 aliphatic rings. The van der Waals surface area contributed by atoms with Gasteiger partial charge < -0.3 is 15.7 Å². The fraction of sp³-hybridized carbons (Fsp3) is 0.889. The third-order valence-electron chi connectivity index (χ3n) is 2.38. The maximum absolute atomic E-state index is 11.3. The Labute approximate surface area is 84.5 Å². The van der Waals surface area contributed by atoms with E-state index in [0.717, 1.165) is 19.4 Å². The number of nitrogens with zero attached hydrogens (tertiary/aromatic N) is 1. The van der Waals surface area contributed by atoms with Crippen LogP contribution in [0.1, 0.15) is 19.8 Å². The van der Waals surface area contributed by atoms with Gasteiger partial charge in [-0.2, -0.15) is 0 Å². The van der Waals surface area contributed by atoms with Crippen LogP contribution in [0.2, 0.25) is 0 Å². The zero-order chi connectivity index (χ0) is 10.6. The van der Waals surface area contributed by atoms with Gasteiger partial charge in [-0.25, -0.2) is 4.79 Å². The highest BCUT2D eigenvalue weighted by Crippen LogP contribution is 2.11. The predicted octanol–water partition coefficient (Wildman–Crippen LogP) is -0.282. The van der Waals surface area contributed by atoms with E-state index in [2.05, 4.69) is 15.5 Å². The number of amides is 2. The van der Waals surface area contributed by atoms with Crippen LogP contribution in [0.25, 0.3) is 0 Å². The Hall–Kier alpha value is -0.810. The van der Waals surface area contributed by atoms with Gasteiger partial charge in [0.25, 0.3) is 0 Å². The number of carbonyl (C=O) groups excluding carboxylic acids is 1. The van der Waals surface area contributed by atoms with Gasteiger partial charge in [-0.05, 0) is 33.4 Å². The van der Waals surface area contributed by atoms with Crippen LogP contribution in [-0.4, -0.2) is 48.4 Å². The van der Waals surface area contributed by atoms with E-state index in [0.29, 0.717) is 6.54 Å². The van der Waals surface area contributed by atoms with Crippen molar-refractivity contribution >= 4 is 6.03 Å². The number of likely N-dealkylation sites (tertiary alicyclic amines) is 1. The maximum atomic E-state index is 11.3. The zero-order valence-corrected chi connectivity index (χ0v) is 8.79. The number of hydrogen-bond acceptors (Lipinski definition) is 3. The molecular formula is C9H19N3O2. The number of aliphatic hydroxyl groups excluding tert-OH is 1. The second-order valence-electron chi connectivity index (χ2n) is 3.84. The first-order valence-electron chi connectivity index (χ1n) is 5.02. The smallest absolute Gasteiger partial charge is 0.316 e. The lowest BCUT2D eigenvalue weighted by atomic mass is 10.3. The van der Waals surface area contributed by atoms with Crippen LogP contribution in [-0.2, 0) is 0 Å². The molecule has 0 spiro atoms. The van der Waals surface area contributed by atoms with Gasteiger partial charge in [0.15, 0.2) is 0 Å². The van der Waals surface area contributed by atoms with Gasteiger partial charge in [-0.1, -0.05) is 0 Å². The second kappa shape index (κ2) is 5.17. The minimum absolute atomic E-state index is 0.143. The van der Waals surface area contributed by atoms with Gasteiger partial charge in [-0.3, -0.25) is 4.90 Å². The van der Waals surface area contributed by atoms with Crippen molar-refractivity contribution < 1.29 is 9.90 Å². The number of aliphatic hydroxyl groups is 1. The number of carbonyl (C=O) groups is 1. The summed E-state index contributed by atoms with van der Waals surface area (Å²) in [6.45, 7) is 2.96. The first-order valence-corrected chi connectivity index (χ1v) is 5.02. The summed E-state index contributed by atoms with van der Waals surface area (Å²) in [6.07, 6.45) is 1.77. The number of nitrogens with one attached hydrogen (secondary N) is 2. The second-order valence-corrected chi connectivity index (χ2v) is 3.84. The Bertz CT molecular complexity index is 196. The summed E-state index contributed by atoms with van der Waals surface area (Å²) in [4.78, 5) is 13.4. The van der Waals surface area contributed by atoms with Crippen LogP contribution in [0, 0.1) is 0 Å². The van der Waals surface area contributed by atoms with Crippen LogP contribution < -0.4 is 10.6 Å². The highest BCUT2D eigenvalue weighted by Gasteiger charge is 2.21.